The fourth-order valence-corrected chi connectivity index (χ4v) is 6.36. The lowest BCUT2D eigenvalue weighted by molar-refractivity contribution is 0.156. The number of hydrogen-bond donors (Lipinski definition) is 0. The Kier molecular flexibility index (Phi) is 6.85. The Bertz CT molecular complexity index is 1720. The molecule has 10 nitrogen and oxygen atoms in total. The fraction of sp³-hybridized carbons (Fsp3) is 0.308. The number of para-hydroxylation sites is 1. The topological polar surface area (TPSA) is 117 Å². The first-order valence-electron chi connectivity index (χ1n) is 12.1. The molecule has 1 saturated heterocycles. The van der Waals surface area contributed by atoms with Crippen molar-refractivity contribution in [3.63, 3.8) is 0 Å². The van der Waals surface area contributed by atoms with E-state index in [1.54, 1.807) is 19.2 Å². The maximum absolute atomic E-state index is 13.0. The molecule has 2 aromatic heterocycles. The lowest BCUT2D eigenvalue weighted by Gasteiger charge is -2.45. The summed E-state index contributed by atoms with van der Waals surface area (Å²) >= 11 is 3.31. The molecule has 1 fully saturated rings. The lowest BCUT2D eigenvalue weighted by Crippen LogP contribution is -2.56. The van der Waals surface area contributed by atoms with Crippen molar-refractivity contribution in [2.24, 2.45) is 7.05 Å². The van der Waals surface area contributed by atoms with Crippen LogP contribution in [0.15, 0.2) is 68.9 Å². The first kappa shape index (κ1) is 26.1. The molecule has 0 amide bonds. The van der Waals surface area contributed by atoms with Crippen molar-refractivity contribution in [2.75, 3.05) is 18.0 Å². The Morgan fingerprint density at radius 1 is 1.08 bits per heavy atom. The Hall–Kier alpha value is -3.53. The number of fused-ring (bicyclic) bond motifs is 1. The molecular weight excluding hydrogens is 570 g/mol. The number of aromatic nitrogens is 4. The molecule has 0 saturated carbocycles. The molecule has 0 bridgehead atoms. The number of nitrogens with zero attached hydrogens (tertiary/aromatic N) is 7. The lowest BCUT2D eigenvalue weighted by atomic mass is 10.0. The normalized spacial score (nSPS) is 18.6. The first-order chi connectivity index (χ1) is 18.1. The maximum atomic E-state index is 13.0. The Morgan fingerprint density at radius 3 is 2.50 bits per heavy atom. The average Bonchev–Trinajstić information content (AvgIpc) is 3.38. The Labute approximate surface area is 228 Å². The van der Waals surface area contributed by atoms with Crippen molar-refractivity contribution in [1.29, 1.82) is 5.26 Å². The summed E-state index contributed by atoms with van der Waals surface area (Å²) in [5, 5.41) is 18.8. The predicted molar refractivity (Wildman–Crippen MR) is 147 cm³/mol. The summed E-state index contributed by atoms with van der Waals surface area (Å²) in [6, 6.07) is 16.1. The third-order valence-electron chi connectivity index (χ3n) is 7.03. The Morgan fingerprint density at radius 2 is 1.79 bits per heavy atom. The van der Waals surface area contributed by atoms with Crippen LogP contribution >= 0.6 is 15.9 Å². The van der Waals surface area contributed by atoms with Gasteiger partial charge in [-0.1, -0.05) is 39.3 Å². The van der Waals surface area contributed by atoms with Gasteiger partial charge in [0.25, 0.3) is 15.6 Å². The van der Waals surface area contributed by atoms with E-state index < -0.39 is 10.0 Å². The molecule has 12 heteroatoms. The zero-order valence-electron chi connectivity index (χ0n) is 21.1. The van der Waals surface area contributed by atoms with Crippen molar-refractivity contribution in [3.8, 4) is 6.07 Å². The molecule has 38 heavy (non-hydrogen) atoms. The monoisotopic (exact) mass is 595 g/mol. The van der Waals surface area contributed by atoms with Gasteiger partial charge < -0.3 is 9.47 Å². The van der Waals surface area contributed by atoms with Crippen LogP contribution in [-0.4, -0.2) is 57.5 Å². The van der Waals surface area contributed by atoms with Gasteiger partial charge in [-0.15, -0.1) is 9.19 Å². The zero-order valence-corrected chi connectivity index (χ0v) is 23.5. The highest BCUT2D eigenvalue weighted by Crippen LogP contribution is 2.32. The van der Waals surface area contributed by atoms with Crippen LogP contribution in [0, 0.1) is 11.3 Å². The largest absolute Gasteiger partial charge is 0.364 e. The number of halogens is 1. The van der Waals surface area contributed by atoms with Crippen molar-refractivity contribution in [3.05, 3.63) is 80.8 Å². The van der Waals surface area contributed by atoms with Crippen molar-refractivity contribution in [2.45, 2.75) is 37.4 Å². The summed E-state index contributed by atoms with van der Waals surface area (Å²) in [4.78, 5) is 17.5. The van der Waals surface area contributed by atoms with E-state index in [-0.39, 0.29) is 28.1 Å². The second-order valence-electron chi connectivity index (χ2n) is 9.54. The van der Waals surface area contributed by atoms with Gasteiger partial charge in [-0.05, 0) is 44.2 Å². The number of benzene rings is 2. The molecule has 1 aliphatic rings. The van der Waals surface area contributed by atoms with Crippen LogP contribution in [0.2, 0.25) is 0 Å². The van der Waals surface area contributed by atoms with Crippen molar-refractivity contribution in [1.82, 2.24) is 23.9 Å². The van der Waals surface area contributed by atoms with Crippen LogP contribution in [0.1, 0.15) is 25.1 Å². The highest BCUT2D eigenvalue weighted by molar-refractivity contribution is 9.10. The molecule has 5 rings (SSSR count). The smallest absolute Gasteiger partial charge is 0.284 e. The number of nitriles is 1. The molecule has 2 aromatic carbocycles. The van der Waals surface area contributed by atoms with Gasteiger partial charge in [0.05, 0.1) is 28.0 Å². The summed E-state index contributed by atoms with van der Waals surface area (Å²) in [6.07, 6.45) is 1.45. The van der Waals surface area contributed by atoms with E-state index in [0.29, 0.717) is 31.0 Å². The molecule has 4 aromatic rings. The molecule has 0 unspecified atom stereocenters. The highest BCUT2D eigenvalue weighted by Gasteiger charge is 2.33. The van der Waals surface area contributed by atoms with Gasteiger partial charge in [0, 0.05) is 48.6 Å². The summed E-state index contributed by atoms with van der Waals surface area (Å²) in [5.41, 5.74) is 1.80. The SMILES string of the molecule is C[C@@H]1CN(c2c(C#N)c(=O)n(C)c3ccccc23)[C@@H](C)CN1Cc1cn(S(=O)(=O)c2ccc(Br)cc2)nn1. The van der Waals surface area contributed by atoms with E-state index in [9.17, 15) is 18.5 Å². The third-order valence-corrected chi connectivity index (χ3v) is 9.10. The van der Waals surface area contributed by atoms with E-state index in [4.69, 9.17) is 0 Å². The molecule has 2 atom stereocenters. The maximum Gasteiger partial charge on any atom is 0.284 e. The van der Waals surface area contributed by atoms with Crippen LogP contribution in [0.25, 0.3) is 10.9 Å². The highest BCUT2D eigenvalue weighted by atomic mass is 79.9. The third kappa shape index (κ3) is 4.51. The van der Waals surface area contributed by atoms with Gasteiger partial charge >= 0.3 is 0 Å². The molecule has 1 aliphatic heterocycles. The van der Waals surface area contributed by atoms with E-state index in [0.717, 1.165) is 19.5 Å². The number of hydrogen-bond acceptors (Lipinski definition) is 8. The molecule has 196 valence electrons. The van der Waals surface area contributed by atoms with Crippen LogP contribution in [0.3, 0.4) is 0 Å². The minimum atomic E-state index is -3.85. The molecule has 0 N–H and O–H groups in total. The average molecular weight is 597 g/mol. The van der Waals surface area contributed by atoms with Gasteiger partial charge in [0.1, 0.15) is 11.6 Å². The summed E-state index contributed by atoms with van der Waals surface area (Å²) < 4.78 is 29.1. The van der Waals surface area contributed by atoms with Gasteiger partial charge in [0.15, 0.2) is 0 Å². The van der Waals surface area contributed by atoms with E-state index >= 15 is 0 Å². The number of pyridine rings is 1. The minimum absolute atomic E-state index is 0.0182. The van der Waals surface area contributed by atoms with Crippen molar-refractivity contribution < 1.29 is 8.42 Å². The summed E-state index contributed by atoms with van der Waals surface area (Å²) in [5.74, 6) is 0. The standard InChI is InChI=1S/C26H26BrN7O3S/c1-17-14-33(25-22-6-4-5-7-24(22)31(3)26(35)23(25)12-28)18(2)13-32(17)15-20-16-34(30-29-20)38(36,37)21-10-8-19(27)9-11-21/h4-11,16-18H,13-15H2,1-3H3/t17-,18+/m1/s1. The molecule has 0 radical (unpaired) electrons. The minimum Gasteiger partial charge on any atom is -0.364 e. The van der Waals surface area contributed by atoms with Crippen LogP contribution in [0.5, 0.6) is 0 Å². The molecule has 0 spiro atoms. The quantitative estimate of drug-likeness (QED) is 0.345. The second-order valence-corrected chi connectivity index (χ2v) is 12.2. The van der Waals surface area contributed by atoms with Crippen molar-refractivity contribution >= 4 is 42.5 Å². The van der Waals surface area contributed by atoms with E-state index in [1.807, 2.05) is 24.3 Å². The van der Waals surface area contributed by atoms with Gasteiger partial charge in [-0.25, -0.2) is 0 Å². The Balaban J connectivity index is 1.40. The number of anilines is 1. The van der Waals surface area contributed by atoms with Gasteiger partial charge in [-0.3, -0.25) is 9.69 Å². The number of aryl methyl sites for hydroxylation is 1. The first-order valence-corrected chi connectivity index (χ1v) is 14.3. The summed E-state index contributed by atoms with van der Waals surface area (Å²) in [7, 11) is -2.16. The molecule has 3 heterocycles. The van der Waals surface area contributed by atoms with E-state index in [2.05, 4.69) is 56.0 Å². The van der Waals surface area contributed by atoms with Crippen LogP contribution in [0.4, 0.5) is 5.69 Å². The van der Waals surface area contributed by atoms with Gasteiger partial charge in [0.2, 0.25) is 0 Å². The molecule has 0 aliphatic carbocycles. The van der Waals surface area contributed by atoms with Crippen LogP contribution < -0.4 is 10.5 Å². The second kappa shape index (κ2) is 9.98. The van der Waals surface area contributed by atoms with Crippen LogP contribution in [-0.2, 0) is 23.6 Å². The molecular formula is C26H26BrN7O3S. The zero-order chi connectivity index (χ0) is 27.2. The fourth-order valence-electron chi connectivity index (χ4n) is 5.00. The number of rotatable bonds is 5. The van der Waals surface area contributed by atoms with Gasteiger partial charge in [-0.2, -0.15) is 13.7 Å². The van der Waals surface area contributed by atoms with E-state index in [1.165, 1.54) is 22.9 Å². The summed E-state index contributed by atoms with van der Waals surface area (Å²) in [6.45, 7) is 5.75. The number of piperazine rings is 1. The predicted octanol–water partition coefficient (Wildman–Crippen LogP) is 3.10.